The molecule has 0 bridgehead atoms. The van der Waals surface area contributed by atoms with Crippen molar-refractivity contribution in [1.82, 2.24) is 15.5 Å². The van der Waals surface area contributed by atoms with Gasteiger partial charge in [0.25, 0.3) is 11.8 Å². The van der Waals surface area contributed by atoms with E-state index in [0.717, 1.165) is 27.6 Å². The average molecular weight is 525 g/mol. The normalized spacial score (nSPS) is 10.9. The fourth-order valence-electron chi connectivity index (χ4n) is 4.35. The average Bonchev–Trinajstić information content (AvgIpc) is 3.32. The van der Waals surface area contributed by atoms with Gasteiger partial charge < -0.3 is 15.2 Å². The number of fused-ring (bicyclic) bond motifs is 1. The minimum absolute atomic E-state index is 0.251. The molecule has 0 unspecified atom stereocenters. The molecule has 5 rings (SSSR count). The van der Waals surface area contributed by atoms with Crippen molar-refractivity contribution in [2.45, 2.75) is 27.3 Å². The smallest absolute Gasteiger partial charge is 0.256 e. The summed E-state index contributed by atoms with van der Waals surface area (Å²) in [5.74, 6) is 0.147. The highest BCUT2D eigenvalue weighted by molar-refractivity contribution is 6.33. The number of amides is 2. The summed E-state index contributed by atoms with van der Waals surface area (Å²) >= 11 is 6.45. The first-order valence-electron chi connectivity index (χ1n) is 12.1. The van der Waals surface area contributed by atoms with E-state index in [4.69, 9.17) is 21.1 Å². The lowest BCUT2D eigenvalue weighted by atomic mass is 9.99. The third kappa shape index (κ3) is 5.28. The van der Waals surface area contributed by atoms with Crippen molar-refractivity contribution in [1.29, 1.82) is 0 Å². The Labute approximate surface area is 224 Å². The molecule has 3 aromatic carbocycles. The van der Waals surface area contributed by atoms with Crippen LogP contribution in [0.5, 0.6) is 0 Å². The number of carbonyl (C=O) groups excluding carboxylic acids is 2. The molecule has 0 spiro atoms. The lowest BCUT2D eigenvalue weighted by molar-refractivity contribution is 0.0949. The van der Waals surface area contributed by atoms with E-state index in [2.05, 4.69) is 15.8 Å². The van der Waals surface area contributed by atoms with E-state index in [0.29, 0.717) is 39.0 Å². The van der Waals surface area contributed by atoms with E-state index >= 15 is 0 Å². The first-order chi connectivity index (χ1) is 18.3. The summed E-state index contributed by atoms with van der Waals surface area (Å²) in [6.45, 7) is 6.02. The maximum Gasteiger partial charge on any atom is 0.256 e. The van der Waals surface area contributed by atoms with Crippen LogP contribution >= 0.6 is 11.6 Å². The van der Waals surface area contributed by atoms with Gasteiger partial charge in [0.05, 0.1) is 23.3 Å². The van der Waals surface area contributed by atoms with Gasteiger partial charge in [-0.05, 0) is 68.8 Å². The number of benzene rings is 3. The SMILES string of the molecule is Cc1cc(C)c2nc(-c3ccccc3Cl)cc(C(=O)Nc3ccc(C(=O)NCc4cc(C)on4)cc3)c2c1. The van der Waals surface area contributed by atoms with Gasteiger partial charge in [0.15, 0.2) is 0 Å². The molecule has 5 aromatic rings. The molecule has 2 heterocycles. The zero-order valence-corrected chi connectivity index (χ0v) is 21.9. The Morgan fingerprint density at radius 2 is 1.68 bits per heavy atom. The standard InChI is InChI=1S/C30H25ClN4O3/c1-17-12-18(2)28-24(13-17)25(15-27(34-28)23-6-4-5-7-26(23)31)30(37)33-21-10-8-20(9-11-21)29(36)32-16-22-14-19(3)38-35-22/h4-15H,16H2,1-3H3,(H,32,36)(H,33,37). The molecule has 0 saturated carbocycles. The number of nitrogens with zero attached hydrogens (tertiary/aromatic N) is 2. The number of halogens is 1. The van der Waals surface area contributed by atoms with Crippen molar-refractivity contribution in [2.75, 3.05) is 5.32 Å². The molecule has 0 aliphatic carbocycles. The van der Waals surface area contributed by atoms with Gasteiger partial charge in [0.2, 0.25) is 0 Å². The predicted molar refractivity (Wildman–Crippen MR) is 148 cm³/mol. The number of nitrogens with one attached hydrogen (secondary N) is 2. The van der Waals surface area contributed by atoms with Crippen LogP contribution in [0.25, 0.3) is 22.2 Å². The van der Waals surface area contributed by atoms with Crippen molar-refractivity contribution in [3.63, 3.8) is 0 Å². The number of anilines is 1. The maximum absolute atomic E-state index is 13.5. The summed E-state index contributed by atoms with van der Waals surface area (Å²) in [6.07, 6.45) is 0. The Morgan fingerprint density at radius 1 is 0.921 bits per heavy atom. The minimum atomic E-state index is -0.283. The van der Waals surface area contributed by atoms with E-state index in [1.54, 1.807) is 49.4 Å². The molecule has 190 valence electrons. The molecule has 2 aromatic heterocycles. The summed E-state index contributed by atoms with van der Waals surface area (Å²) in [4.78, 5) is 30.9. The monoisotopic (exact) mass is 524 g/mol. The second-order valence-corrected chi connectivity index (χ2v) is 9.56. The van der Waals surface area contributed by atoms with Crippen LogP contribution in [-0.2, 0) is 6.54 Å². The van der Waals surface area contributed by atoms with Crippen LogP contribution in [0.3, 0.4) is 0 Å². The zero-order chi connectivity index (χ0) is 26.8. The van der Waals surface area contributed by atoms with Crippen LogP contribution in [-0.4, -0.2) is 22.0 Å². The highest BCUT2D eigenvalue weighted by Crippen LogP contribution is 2.32. The number of aryl methyl sites for hydroxylation is 3. The summed E-state index contributed by atoms with van der Waals surface area (Å²) < 4.78 is 5.02. The van der Waals surface area contributed by atoms with Crippen LogP contribution in [0.4, 0.5) is 5.69 Å². The molecule has 0 fully saturated rings. The van der Waals surface area contributed by atoms with E-state index in [-0.39, 0.29) is 18.4 Å². The van der Waals surface area contributed by atoms with E-state index < -0.39 is 0 Å². The zero-order valence-electron chi connectivity index (χ0n) is 21.1. The van der Waals surface area contributed by atoms with Gasteiger partial charge in [-0.3, -0.25) is 9.59 Å². The summed E-state index contributed by atoms with van der Waals surface area (Å²) in [5.41, 5.74) is 6.28. The second kappa shape index (κ2) is 10.5. The third-order valence-corrected chi connectivity index (χ3v) is 6.48. The lowest BCUT2D eigenvalue weighted by Crippen LogP contribution is -2.23. The first-order valence-corrected chi connectivity index (χ1v) is 12.4. The van der Waals surface area contributed by atoms with Crippen LogP contribution in [0.1, 0.15) is 43.3 Å². The third-order valence-electron chi connectivity index (χ3n) is 6.15. The molecule has 0 saturated heterocycles. The van der Waals surface area contributed by atoms with Gasteiger partial charge in [0.1, 0.15) is 11.5 Å². The molecular formula is C30H25ClN4O3. The minimum Gasteiger partial charge on any atom is -0.361 e. The van der Waals surface area contributed by atoms with Gasteiger partial charge >= 0.3 is 0 Å². The highest BCUT2D eigenvalue weighted by Gasteiger charge is 2.17. The molecule has 2 N–H and O–H groups in total. The molecule has 8 heteroatoms. The summed E-state index contributed by atoms with van der Waals surface area (Å²) in [6, 6.07) is 21.7. The Morgan fingerprint density at radius 3 is 2.39 bits per heavy atom. The van der Waals surface area contributed by atoms with Crippen LogP contribution in [0.15, 0.2) is 77.3 Å². The number of hydrogen-bond acceptors (Lipinski definition) is 5. The van der Waals surface area contributed by atoms with Crippen LogP contribution in [0.2, 0.25) is 5.02 Å². The van der Waals surface area contributed by atoms with E-state index in [9.17, 15) is 9.59 Å². The van der Waals surface area contributed by atoms with Crippen LogP contribution < -0.4 is 10.6 Å². The maximum atomic E-state index is 13.5. The van der Waals surface area contributed by atoms with Crippen molar-refractivity contribution in [3.8, 4) is 11.3 Å². The fourth-order valence-corrected chi connectivity index (χ4v) is 4.59. The second-order valence-electron chi connectivity index (χ2n) is 9.16. The molecule has 0 radical (unpaired) electrons. The van der Waals surface area contributed by atoms with Crippen molar-refractivity contribution in [2.24, 2.45) is 0 Å². The van der Waals surface area contributed by atoms with Gasteiger partial charge in [-0.1, -0.05) is 46.6 Å². The number of pyridine rings is 1. The number of carbonyl (C=O) groups is 2. The molecule has 38 heavy (non-hydrogen) atoms. The van der Waals surface area contributed by atoms with Crippen LogP contribution in [0, 0.1) is 20.8 Å². The van der Waals surface area contributed by atoms with Gasteiger partial charge in [-0.15, -0.1) is 0 Å². The van der Waals surface area contributed by atoms with Crippen molar-refractivity contribution < 1.29 is 14.1 Å². The Kier molecular flexibility index (Phi) is 6.94. The molecular weight excluding hydrogens is 500 g/mol. The predicted octanol–water partition coefficient (Wildman–Crippen LogP) is 6.65. The highest BCUT2D eigenvalue weighted by atomic mass is 35.5. The van der Waals surface area contributed by atoms with Crippen molar-refractivity contribution in [3.05, 3.63) is 112 Å². The van der Waals surface area contributed by atoms with E-state index in [1.807, 2.05) is 44.2 Å². The molecule has 7 nitrogen and oxygen atoms in total. The molecule has 0 atom stereocenters. The first kappa shape index (κ1) is 25.2. The van der Waals surface area contributed by atoms with Crippen molar-refractivity contribution >= 4 is 40.0 Å². The molecule has 2 amide bonds. The van der Waals surface area contributed by atoms with Gasteiger partial charge in [-0.2, -0.15) is 0 Å². The van der Waals surface area contributed by atoms with E-state index in [1.165, 1.54) is 0 Å². The fraction of sp³-hybridized carbons (Fsp3) is 0.133. The number of rotatable bonds is 6. The Bertz CT molecular complexity index is 1680. The Hall–Kier alpha value is -4.49. The Balaban J connectivity index is 1.41. The summed E-state index contributed by atoms with van der Waals surface area (Å²) in [7, 11) is 0. The lowest BCUT2D eigenvalue weighted by Gasteiger charge is -2.14. The van der Waals surface area contributed by atoms with Gasteiger partial charge in [0, 0.05) is 33.3 Å². The topological polar surface area (TPSA) is 97.1 Å². The quantitative estimate of drug-likeness (QED) is 0.259. The largest absolute Gasteiger partial charge is 0.361 e. The summed E-state index contributed by atoms with van der Waals surface area (Å²) in [5, 5.41) is 10.9. The molecule has 0 aliphatic rings. The number of aromatic nitrogens is 2. The number of hydrogen-bond donors (Lipinski definition) is 2. The van der Waals surface area contributed by atoms with Gasteiger partial charge in [-0.25, -0.2) is 4.98 Å². The molecule has 0 aliphatic heterocycles.